The van der Waals surface area contributed by atoms with Crippen molar-refractivity contribution >= 4 is 28.5 Å². The van der Waals surface area contributed by atoms with Gasteiger partial charge in [-0.25, -0.2) is 5.48 Å². The van der Waals surface area contributed by atoms with E-state index in [0.717, 1.165) is 0 Å². The number of primary amides is 1. The van der Waals surface area contributed by atoms with Crippen molar-refractivity contribution < 1.29 is 28.5 Å². The summed E-state index contributed by atoms with van der Waals surface area (Å²) in [7, 11) is -1.71. The molecule has 1 rings (SSSR count). The maximum atomic E-state index is 12.7. The maximum absolute atomic E-state index is 12.7. The Kier molecular flexibility index (Phi) is 10.3. The molecule has 28 heavy (non-hydrogen) atoms. The van der Waals surface area contributed by atoms with Crippen LogP contribution in [0.1, 0.15) is 26.2 Å². The van der Waals surface area contributed by atoms with Crippen molar-refractivity contribution in [3.05, 3.63) is 24.3 Å². The van der Waals surface area contributed by atoms with Gasteiger partial charge in [-0.05, 0) is 50.5 Å². The molecular formula is C18H23N3O6S. The molecule has 0 aliphatic heterocycles. The van der Waals surface area contributed by atoms with Crippen LogP contribution in [0.5, 0.6) is 5.75 Å². The monoisotopic (exact) mass is 409 g/mol. The Bertz CT molecular complexity index is 770. The molecule has 0 saturated heterocycles. The van der Waals surface area contributed by atoms with Gasteiger partial charge < -0.3 is 15.8 Å². The quantitative estimate of drug-likeness (QED) is 0.139. The molecule has 5 N–H and O–H groups in total. The number of hydroxylamine groups is 1. The fraction of sp³-hybridized carbons (Fsp3) is 0.389. The Hall–Kier alpha value is -2.90. The van der Waals surface area contributed by atoms with E-state index in [1.165, 1.54) is 5.48 Å². The molecule has 3 amide bonds. The van der Waals surface area contributed by atoms with E-state index in [-0.39, 0.29) is 19.6 Å². The first-order valence-corrected chi connectivity index (χ1v) is 9.66. The van der Waals surface area contributed by atoms with E-state index in [9.17, 15) is 18.6 Å². The van der Waals surface area contributed by atoms with E-state index < -0.39 is 33.8 Å². The van der Waals surface area contributed by atoms with E-state index in [1.54, 1.807) is 31.2 Å². The highest BCUT2D eigenvalue weighted by atomic mass is 32.2. The van der Waals surface area contributed by atoms with Gasteiger partial charge in [0.15, 0.2) is 0 Å². The summed E-state index contributed by atoms with van der Waals surface area (Å²) in [6, 6.07) is 6.40. The number of rotatable bonds is 10. The molecule has 1 aromatic rings. The van der Waals surface area contributed by atoms with Crippen LogP contribution in [0.25, 0.3) is 0 Å². The largest absolute Gasteiger partial charge is 0.481 e. The van der Waals surface area contributed by atoms with Crippen LogP contribution in [0.4, 0.5) is 0 Å². The van der Waals surface area contributed by atoms with E-state index in [1.807, 2.05) is 0 Å². The second kappa shape index (κ2) is 12.5. The van der Waals surface area contributed by atoms with Crippen LogP contribution in [0, 0.1) is 11.8 Å². The standard InChI is InChI=1S/C18H23N3O6S/c1-2-3-12-27-13-7-9-14(10-8-13)28(26)15(17(23)21-25)6-4-5-11-20-18(24)16(19)22/h7-10,15,25H,4-6,11-12H2,1H3,(H2,19,22)(H,20,24)(H,21,23). The summed E-state index contributed by atoms with van der Waals surface area (Å²) in [5.74, 6) is 3.28. The Labute approximate surface area is 165 Å². The second-order valence-electron chi connectivity index (χ2n) is 5.56. The summed E-state index contributed by atoms with van der Waals surface area (Å²) in [6.45, 7) is 2.13. The van der Waals surface area contributed by atoms with Crippen LogP contribution < -0.4 is 21.3 Å². The highest BCUT2D eigenvalue weighted by molar-refractivity contribution is 7.86. The third-order valence-electron chi connectivity index (χ3n) is 3.61. The third-order valence-corrected chi connectivity index (χ3v) is 5.31. The molecule has 0 aliphatic carbocycles. The van der Waals surface area contributed by atoms with E-state index >= 15 is 0 Å². The average Bonchev–Trinajstić information content (AvgIpc) is 2.70. The van der Waals surface area contributed by atoms with Crippen LogP contribution in [0.2, 0.25) is 0 Å². The van der Waals surface area contributed by atoms with E-state index in [0.29, 0.717) is 23.5 Å². The highest BCUT2D eigenvalue weighted by Crippen LogP contribution is 2.20. The molecule has 9 nitrogen and oxygen atoms in total. The normalized spacial score (nSPS) is 12.1. The third kappa shape index (κ3) is 7.77. The molecule has 0 spiro atoms. The van der Waals surface area contributed by atoms with Crippen LogP contribution in [0.3, 0.4) is 0 Å². The van der Waals surface area contributed by atoms with Gasteiger partial charge >= 0.3 is 11.8 Å². The Morgan fingerprint density at radius 2 is 1.93 bits per heavy atom. The summed E-state index contributed by atoms with van der Waals surface area (Å²) in [6.07, 6.45) is 1.08. The van der Waals surface area contributed by atoms with Crippen LogP contribution in [-0.2, 0) is 25.2 Å². The Balaban J connectivity index is 2.64. The smallest absolute Gasteiger partial charge is 0.309 e. The number of hydrogen-bond acceptors (Lipinski definition) is 6. The average molecular weight is 409 g/mol. The number of unbranched alkanes of at least 4 members (excludes halogenated alkanes) is 1. The lowest BCUT2D eigenvalue weighted by atomic mass is 10.2. The van der Waals surface area contributed by atoms with Gasteiger partial charge in [0.2, 0.25) is 0 Å². The summed E-state index contributed by atoms with van der Waals surface area (Å²) >= 11 is 0. The molecule has 152 valence electrons. The predicted octanol–water partition coefficient (Wildman–Crippen LogP) is -0.158. The molecule has 1 aromatic carbocycles. The van der Waals surface area contributed by atoms with Gasteiger partial charge in [-0.2, -0.15) is 0 Å². The van der Waals surface area contributed by atoms with Crippen molar-refractivity contribution in [3.8, 4) is 17.6 Å². The number of hydrogen-bond donors (Lipinski definition) is 4. The minimum Gasteiger partial charge on any atom is -0.481 e. The first-order valence-electron chi connectivity index (χ1n) is 8.45. The molecule has 0 radical (unpaired) electrons. The van der Waals surface area contributed by atoms with Crippen molar-refractivity contribution in [1.29, 1.82) is 0 Å². The number of nitrogens with one attached hydrogen (secondary N) is 2. The van der Waals surface area contributed by atoms with Gasteiger partial charge in [-0.3, -0.25) is 23.8 Å². The Morgan fingerprint density at radius 3 is 2.50 bits per heavy atom. The first-order chi connectivity index (χ1) is 13.4. The highest BCUT2D eigenvalue weighted by Gasteiger charge is 2.26. The summed E-state index contributed by atoms with van der Waals surface area (Å²) in [5, 5.41) is 10.3. The molecular weight excluding hydrogens is 386 g/mol. The van der Waals surface area contributed by atoms with E-state index in [2.05, 4.69) is 17.2 Å². The van der Waals surface area contributed by atoms with Gasteiger partial charge in [-0.1, -0.05) is 5.92 Å². The summed E-state index contributed by atoms with van der Waals surface area (Å²) in [5.41, 5.74) is 6.35. The number of benzene rings is 1. The summed E-state index contributed by atoms with van der Waals surface area (Å²) < 4.78 is 18.1. The number of carbonyl (C=O) groups is 3. The lowest BCUT2D eigenvalue weighted by Crippen LogP contribution is -2.37. The lowest BCUT2D eigenvalue weighted by molar-refractivity contribution is -0.137. The fourth-order valence-corrected chi connectivity index (χ4v) is 3.54. The number of carbonyl (C=O) groups excluding carboxylic acids is 3. The van der Waals surface area contributed by atoms with Crippen molar-refractivity contribution in [2.75, 3.05) is 13.2 Å². The molecule has 10 heteroatoms. The molecule has 0 heterocycles. The molecule has 2 unspecified atom stereocenters. The minimum atomic E-state index is -1.71. The van der Waals surface area contributed by atoms with Gasteiger partial charge in [-0.15, -0.1) is 5.92 Å². The maximum Gasteiger partial charge on any atom is 0.309 e. The van der Waals surface area contributed by atoms with Crippen LogP contribution in [0.15, 0.2) is 29.2 Å². The zero-order valence-corrected chi connectivity index (χ0v) is 16.2. The summed E-state index contributed by atoms with van der Waals surface area (Å²) in [4.78, 5) is 34.0. The van der Waals surface area contributed by atoms with Gasteiger partial charge in [0, 0.05) is 11.4 Å². The lowest BCUT2D eigenvalue weighted by Gasteiger charge is -2.15. The molecule has 0 bridgehead atoms. The SMILES string of the molecule is CC#CCOc1ccc(S(=O)C(CCCCNC(=O)C(N)=O)C(=O)NO)cc1. The number of amides is 3. The van der Waals surface area contributed by atoms with Gasteiger partial charge in [0.25, 0.3) is 5.91 Å². The number of ether oxygens (including phenoxy) is 1. The fourth-order valence-electron chi connectivity index (χ4n) is 2.18. The topological polar surface area (TPSA) is 148 Å². The molecule has 2 atom stereocenters. The molecule has 0 saturated carbocycles. The van der Waals surface area contributed by atoms with Crippen molar-refractivity contribution in [1.82, 2.24) is 10.8 Å². The van der Waals surface area contributed by atoms with Crippen molar-refractivity contribution in [2.45, 2.75) is 36.3 Å². The van der Waals surface area contributed by atoms with E-state index in [4.69, 9.17) is 15.7 Å². The van der Waals surface area contributed by atoms with Gasteiger partial charge in [0.1, 0.15) is 17.6 Å². The second-order valence-corrected chi connectivity index (χ2v) is 7.20. The van der Waals surface area contributed by atoms with Crippen LogP contribution >= 0.6 is 0 Å². The zero-order valence-electron chi connectivity index (χ0n) is 15.4. The zero-order chi connectivity index (χ0) is 20.9. The molecule has 0 aromatic heterocycles. The van der Waals surface area contributed by atoms with Crippen molar-refractivity contribution in [3.63, 3.8) is 0 Å². The van der Waals surface area contributed by atoms with Crippen molar-refractivity contribution in [2.24, 2.45) is 5.73 Å². The molecule has 0 fully saturated rings. The predicted molar refractivity (Wildman–Crippen MR) is 102 cm³/mol. The molecule has 0 aliphatic rings. The van der Waals surface area contributed by atoms with Crippen LogP contribution in [-0.4, -0.2) is 45.5 Å². The Morgan fingerprint density at radius 1 is 1.25 bits per heavy atom. The number of nitrogens with two attached hydrogens (primary N) is 1. The minimum absolute atomic E-state index is 0.189. The van der Waals surface area contributed by atoms with Gasteiger partial charge in [0.05, 0.1) is 10.8 Å². The first kappa shape index (κ1) is 23.1.